The number of rotatable bonds is 2. The average Bonchev–Trinajstić information content (AvgIpc) is 1.60. The van der Waals surface area contributed by atoms with E-state index in [-0.39, 0.29) is 22.4 Å². The van der Waals surface area contributed by atoms with Gasteiger partial charge in [-0.05, 0) is 11.8 Å². The zero-order chi connectivity index (χ0) is 8.41. The Labute approximate surface area is 92.4 Å². The molecule has 72 valence electrons. The molecule has 11 heavy (non-hydrogen) atoms. The van der Waals surface area contributed by atoms with Gasteiger partial charge in [-0.25, -0.2) is 0 Å². The van der Waals surface area contributed by atoms with Crippen LogP contribution in [0.5, 0.6) is 0 Å². The van der Waals surface area contributed by atoms with E-state index in [0.29, 0.717) is 10.8 Å². The fraction of sp³-hybridized carbons (Fsp3) is 1.00. The summed E-state index contributed by atoms with van der Waals surface area (Å²) in [6.07, 6.45) is 1.21. The van der Waals surface area contributed by atoms with Crippen LogP contribution in [0.2, 0.25) is 0 Å². The van der Waals surface area contributed by atoms with Crippen LogP contribution in [-0.2, 0) is 35.0 Å². The minimum absolute atomic E-state index is 0. The topological polar surface area (TPSA) is 0 Å². The third kappa shape index (κ3) is 9.00. The van der Waals surface area contributed by atoms with E-state index >= 15 is 0 Å². The van der Waals surface area contributed by atoms with Gasteiger partial charge in [0.15, 0.2) is 0 Å². The van der Waals surface area contributed by atoms with Crippen molar-refractivity contribution < 1.29 is 22.4 Å². The van der Waals surface area contributed by atoms with Crippen LogP contribution in [0.1, 0.15) is 41.0 Å². The summed E-state index contributed by atoms with van der Waals surface area (Å²) in [5, 5.41) is 0. The molecule has 0 nitrogen and oxygen atoms in total. The predicted octanol–water partition coefficient (Wildman–Crippen LogP) is 2.99. The van der Waals surface area contributed by atoms with E-state index in [1.807, 2.05) is 0 Å². The molecule has 0 unspecified atom stereocenters. The smallest absolute Gasteiger partial charge is 0.792 e. The van der Waals surface area contributed by atoms with Crippen LogP contribution >= 0.6 is 0 Å². The quantitative estimate of drug-likeness (QED) is 0.547. The molecule has 0 bridgehead atoms. The van der Waals surface area contributed by atoms with Crippen molar-refractivity contribution in [1.29, 1.82) is 0 Å². The molecule has 0 aromatic heterocycles. The Hall–Kier alpha value is 1.09. The average molecular weight is 267 g/mol. The van der Waals surface area contributed by atoms with Crippen LogP contribution in [0.15, 0.2) is 0 Å². The maximum Gasteiger partial charge on any atom is 1.00 e. The second-order valence-electron chi connectivity index (χ2n) is 5.05. The fourth-order valence-electron chi connectivity index (χ4n) is 1.49. The van der Waals surface area contributed by atoms with Gasteiger partial charge in [0.1, 0.15) is 0 Å². The first-order valence-corrected chi connectivity index (χ1v) is 4.43. The Morgan fingerprint density at radius 3 is 1.45 bits per heavy atom. The van der Waals surface area contributed by atoms with Gasteiger partial charge in [-0.2, -0.15) is 5.75 Å². The monoisotopic (exact) mass is 266 g/mol. The number of hydrogen-bond acceptors (Lipinski definition) is 1. The van der Waals surface area contributed by atoms with Crippen molar-refractivity contribution in [2.24, 2.45) is 10.8 Å². The molecule has 0 aliphatic heterocycles. The van der Waals surface area contributed by atoms with Gasteiger partial charge in [-0.3, -0.25) is 0 Å². The summed E-state index contributed by atoms with van der Waals surface area (Å²) >= 11 is 5.06. The minimum Gasteiger partial charge on any atom is -0.792 e. The summed E-state index contributed by atoms with van der Waals surface area (Å²) in [6.45, 7) is 11.3. The molecule has 0 radical (unpaired) electrons. The van der Waals surface area contributed by atoms with Crippen LogP contribution in [0.3, 0.4) is 0 Å². The maximum absolute atomic E-state index is 5.06. The Morgan fingerprint density at radius 2 is 1.36 bits per heavy atom. The summed E-state index contributed by atoms with van der Waals surface area (Å²) in [6, 6.07) is 0. The molecule has 0 saturated carbocycles. The predicted molar refractivity (Wildman–Crippen MR) is 50.1 cm³/mol. The fourth-order valence-corrected chi connectivity index (χ4v) is 1.59. The molecular formula is C9H19AgS. The summed E-state index contributed by atoms with van der Waals surface area (Å²) < 4.78 is 0. The molecule has 0 aromatic rings. The molecule has 0 saturated heterocycles. The van der Waals surface area contributed by atoms with Crippen molar-refractivity contribution in [2.45, 2.75) is 41.0 Å². The molecule has 2 heteroatoms. The summed E-state index contributed by atoms with van der Waals surface area (Å²) in [4.78, 5) is 0. The van der Waals surface area contributed by atoms with E-state index in [9.17, 15) is 0 Å². The SMILES string of the molecule is CC(C)(C)CC(C)(C)C[S-].[Ag+]. The maximum atomic E-state index is 5.06. The zero-order valence-electron chi connectivity index (χ0n) is 8.12. The van der Waals surface area contributed by atoms with Crippen LogP contribution in [0.25, 0.3) is 0 Å². The first-order chi connectivity index (χ1) is 4.27. The van der Waals surface area contributed by atoms with Crippen LogP contribution in [-0.4, -0.2) is 5.75 Å². The van der Waals surface area contributed by atoms with Gasteiger partial charge < -0.3 is 12.6 Å². The van der Waals surface area contributed by atoms with Crippen molar-refractivity contribution in [3.05, 3.63) is 0 Å². The van der Waals surface area contributed by atoms with Gasteiger partial charge in [0.2, 0.25) is 0 Å². The summed E-state index contributed by atoms with van der Waals surface area (Å²) in [5.41, 5.74) is 0.760. The summed E-state index contributed by atoms with van der Waals surface area (Å²) in [7, 11) is 0. The molecule has 0 heterocycles. The first kappa shape index (κ1) is 14.6. The Balaban J connectivity index is 0. The Morgan fingerprint density at radius 1 is 1.00 bits per heavy atom. The molecule has 0 aromatic carbocycles. The molecule has 0 atom stereocenters. The van der Waals surface area contributed by atoms with Gasteiger partial charge in [-0.15, -0.1) is 0 Å². The summed E-state index contributed by atoms with van der Waals surface area (Å²) in [5.74, 6) is 0.865. The minimum atomic E-state index is 0. The van der Waals surface area contributed by atoms with E-state index in [1.54, 1.807) is 0 Å². The van der Waals surface area contributed by atoms with E-state index in [4.69, 9.17) is 12.6 Å². The van der Waals surface area contributed by atoms with Gasteiger partial charge in [0, 0.05) is 0 Å². The number of hydrogen-bond donors (Lipinski definition) is 0. The second kappa shape index (κ2) is 4.96. The molecule has 0 N–H and O–H groups in total. The Kier molecular flexibility index (Phi) is 6.58. The standard InChI is InChI=1S/C9H20S.Ag/c1-8(2,3)6-9(4,5)7-10;/h10H,6-7H2,1-5H3;/q;+1/p-1. The molecule has 0 rings (SSSR count). The third-order valence-electron chi connectivity index (χ3n) is 1.40. The van der Waals surface area contributed by atoms with E-state index in [0.717, 1.165) is 5.75 Å². The van der Waals surface area contributed by atoms with E-state index < -0.39 is 0 Å². The molecule has 0 spiro atoms. The third-order valence-corrected chi connectivity index (χ3v) is 2.18. The normalized spacial score (nSPS) is 12.5. The van der Waals surface area contributed by atoms with Crippen molar-refractivity contribution in [2.75, 3.05) is 5.75 Å². The van der Waals surface area contributed by atoms with Crippen molar-refractivity contribution in [3.63, 3.8) is 0 Å². The van der Waals surface area contributed by atoms with Gasteiger partial charge in [-0.1, -0.05) is 40.0 Å². The van der Waals surface area contributed by atoms with Crippen molar-refractivity contribution in [1.82, 2.24) is 0 Å². The zero-order valence-corrected chi connectivity index (χ0v) is 10.4. The van der Waals surface area contributed by atoms with Gasteiger partial charge >= 0.3 is 22.4 Å². The van der Waals surface area contributed by atoms with E-state index in [2.05, 4.69) is 34.6 Å². The van der Waals surface area contributed by atoms with Crippen molar-refractivity contribution >= 4 is 12.6 Å². The van der Waals surface area contributed by atoms with Crippen LogP contribution in [0, 0.1) is 10.8 Å². The molecule has 0 fully saturated rings. The molecule has 0 aliphatic carbocycles. The molecule has 0 amide bonds. The van der Waals surface area contributed by atoms with Gasteiger partial charge in [0.05, 0.1) is 0 Å². The first-order valence-electron chi connectivity index (χ1n) is 3.85. The van der Waals surface area contributed by atoms with Crippen LogP contribution in [0.4, 0.5) is 0 Å². The molecule has 0 aliphatic rings. The Bertz CT molecular complexity index is 103. The molecular weight excluding hydrogens is 248 g/mol. The van der Waals surface area contributed by atoms with Gasteiger partial charge in [0.25, 0.3) is 0 Å². The largest absolute Gasteiger partial charge is 1.00 e. The van der Waals surface area contributed by atoms with Crippen LogP contribution < -0.4 is 0 Å². The van der Waals surface area contributed by atoms with Crippen molar-refractivity contribution in [3.8, 4) is 0 Å². The second-order valence-corrected chi connectivity index (χ2v) is 5.33. The van der Waals surface area contributed by atoms with E-state index in [1.165, 1.54) is 6.42 Å².